The molecule has 0 rings (SSSR count). The van der Waals surface area contributed by atoms with Crippen LogP contribution in [0.3, 0.4) is 0 Å². The van der Waals surface area contributed by atoms with Crippen molar-refractivity contribution in [1.29, 1.82) is 0 Å². The molecule has 0 spiro atoms. The zero-order valence-electron chi connectivity index (χ0n) is 35.2. The Kier molecular flexibility index (Phi) is 39.5. The van der Waals surface area contributed by atoms with Gasteiger partial charge in [-0.15, -0.1) is 0 Å². The molecule has 10 nitrogen and oxygen atoms in total. The standard InChI is InChI=1S/C44H83O10P/c1-3-5-7-9-11-13-15-17-19-20-21-22-24-26-28-30-32-34-36-44(48)54-42(40-53-55(49,50)52-38-41(46)37-45)39-51-43(47)35-33-31-29-27-25-23-18-16-14-12-10-8-6-4-2/h10,12,16,18,41-42,45-46H,3-9,11,13-15,17,19-40H2,1-2H3,(H,49,50)/b12-10+,18-16+/t41-,42+/m0/s1. The first-order chi connectivity index (χ1) is 26.7. The molecule has 0 aliphatic heterocycles. The van der Waals surface area contributed by atoms with Gasteiger partial charge in [-0.2, -0.15) is 0 Å². The van der Waals surface area contributed by atoms with Gasteiger partial charge in [-0.05, 0) is 38.5 Å². The molecule has 55 heavy (non-hydrogen) atoms. The number of ether oxygens (including phenoxy) is 2. The van der Waals surface area contributed by atoms with Gasteiger partial charge in [0.15, 0.2) is 6.10 Å². The van der Waals surface area contributed by atoms with Gasteiger partial charge in [0.1, 0.15) is 12.7 Å². The predicted octanol–water partition coefficient (Wildman–Crippen LogP) is 11.8. The molecular weight excluding hydrogens is 719 g/mol. The molecule has 0 aromatic carbocycles. The molecule has 0 heterocycles. The van der Waals surface area contributed by atoms with Crippen molar-refractivity contribution in [3.05, 3.63) is 24.3 Å². The minimum Gasteiger partial charge on any atom is -0.462 e. The van der Waals surface area contributed by atoms with E-state index in [1.807, 2.05) is 0 Å². The summed E-state index contributed by atoms with van der Waals surface area (Å²) in [5, 5.41) is 18.3. The number of carbonyl (C=O) groups excluding carboxylic acids is 2. The van der Waals surface area contributed by atoms with Crippen molar-refractivity contribution in [1.82, 2.24) is 0 Å². The maximum atomic E-state index is 12.6. The summed E-state index contributed by atoms with van der Waals surface area (Å²) in [6.45, 7) is 2.35. The Hall–Kier alpha value is -1.55. The third kappa shape index (κ3) is 40.4. The van der Waals surface area contributed by atoms with Gasteiger partial charge in [0, 0.05) is 12.8 Å². The van der Waals surface area contributed by atoms with Gasteiger partial charge in [-0.1, -0.05) is 179 Å². The average molecular weight is 803 g/mol. The van der Waals surface area contributed by atoms with E-state index >= 15 is 0 Å². The molecule has 0 aliphatic carbocycles. The Labute approximate surface area is 336 Å². The minimum absolute atomic E-state index is 0.186. The van der Waals surface area contributed by atoms with E-state index in [9.17, 15) is 24.2 Å². The number of carbonyl (C=O) groups is 2. The lowest BCUT2D eigenvalue weighted by molar-refractivity contribution is -0.161. The summed E-state index contributed by atoms with van der Waals surface area (Å²) in [7, 11) is -4.62. The lowest BCUT2D eigenvalue weighted by Gasteiger charge is -2.20. The van der Waals surface area contributed by atoms with Gasteiger partial charge in [0.2, 0.25) is 0 Å². The fourth-order valence-corrected chi connectivity index (χ4v) is 6.92. The van der Waals surface area contributed by atoms with Gasteiger partial charge < -0.3 is 24.6 Å². The second-order valence-electron chi connectivity index (χ2n) is 15.1. The second-order valence-corrected chi connectivity index (χ2v) is 16.5. The van der Waals surface area contributed by atoms with Crippen molar-refractivity contribution in [3.8, 4) is 0 Å². The lowest BCUT2D eigenvalue weighted by atomic mass is 10.0. The molecule has 3 atom stereocenters. The first-order valence-electron chi connectivity index (χ1n) is 22.3. The highest BCUT2D eigenvalue weighted by atomic mass is 31.2. The molecule has 11 heteroatoms. The van der Waals surface area contributed by atoms with Gasteiger partial charge in [-0.25, -0.2) is 4.57 Å². The molecule has 0 amide bonds. The molecule has 0 saturated carbocycles. The largest absolute Gasteiger partial charge is 0.472 e. The molecule has 0 saturated heterocycles. The maximum Gasteiger partial charge on any atom is 0.472 e. The second kappa shape index (κ2) is 40.6. The molecule has 1 unspecified atom stereocenters. The highest BCUT2D eigenvalue weighted by molar-refractivity contribution is 7.47. The van der Waals surface area contributed by atoms with E-state index in [-0.39, 0.29) is 19.4 Å². The van der Waals surface area contributed by atoms with Crippen LogP contribution in [0.4, 0.5) is 0 Å². The molecule has 324 valence electrons. The van der Waals surface area contributed by atoms with Crippen LogP contribution in [0.15, 0.2) is 24.3 Å². The zero-order valence-corrected chi connectivity index (χ0v) is 36.0. The van der Waals surface area contributed by atoms with Crippen LogP contribution in [0.2, 0.25) is 0 Å². The Morgan fingerprint density at radius 2 is 0.964 bits per heavy atom. The number of phosphoric ester groups is 1. The number of hydrogen-bond donors (Lipinski definition) is 3. The average Bonchev–Trinajstić information content (AvgIpc) is 3.17. The SMILES string of the molecule is CCCC/C=C/C/C=C/CCCCCCCC(=O)OC[C@H](COP(=O)(O)OC[C@@H](O)CO)OC(=O)CCCCCCCCCCCCCCCCCCCC. The summed E-state index contributed by atoms with van der Waals surface area (Å²) >= 11 is 0. The minimum atomic E-state index is -4.62. The van der Waals surface area contributed by atoms with Crippen LogP contribution in [-0.4, -0.2) is 65.7 Å². The normalized spacial score (nSPS) is 14.1. The fourth-order valence-electron chi connectivity index (χ4n) is 6.13. The van der Waals surface area contributed by atoms with Gasteiger partial charge in [0.25, 0.3) is 0 Å². The Balaban J connectivity index is 4.26. The molecule has 0 aromatic heterocycles. The number of hydrogen-bond acceptors (Lipinski definition) is 9. The van der Waals surface area contributed by atoms with Crippen LogP contribution in [0, 0.1) is 0 Å². The summed E-state index contributed by atoms with van der Waals surface area (Å²) < 4.78 is 32.7. The van der Waals surface area contributed by atoms with E-state index in [1.54, 1.807) is 0 Å². The number of rotatable bonds is 42. The number of aliphatic hydroxyl groups is 2. The first kappa shape index (κ1) is 53.5. The highest BCUT2D eigenvalue weighted by Crippen LogP contribution is 2.43. The first-order valence-corrected chi connectivity index (χ1v) is 23.8. The van der Waals surface area contributed by atoms with Crippen molar-refractivity contribution in [2.45, 2.75) is 219 Å². The van der Waals surface area contributed by atoms with E-state index in [0.717, 1.165) is 64.2 Å². The monoisotopic (exact) mass is 803 g/mol. The van der Waals surface area contributed by atoms with Crippen LogP contribution < -0.4 is 0 Å². The van der Waals surface area contributed by atoms with Crippen molar-refractivity contribution >= 4 is 19.8 Å². The van der Waals surface area contributed by atoms with E-state index < -0.39 is 51.8 Å². The molecule has 0 aliphatic rings. The number of phosphoric acid groups is 1. The van der Waals surface area contributed by atoms with E-state index in [4.69, 9.17) is 23.6 Å². The summed E-state index contributed by atoms with van der Waals surface area (Å²) in [6.07, 6.45) is 40.0. The van der Waals surface area contributed by atoms with Gasteiger partial charge >= 0.3 is 19.8 Å². The van der Waals surface area contributed by atoms with Crippen LogP contribution in [-0.2, 0) is 32.7 Å². The third-order valence-corrected chi connectivity index (χ3v) is 10.6. The van der Waals surface area contributed by atoms with E-state index in [0.29, 0.717) is 12.8 Å². The van der Waals surface area contributed by atoms with Crippen LogP contribution in [0.25, 0.3) is 0 Å². The summed E-state index contributed by atoms with van der Waals surface area (Å²) in [4.78, 5) is 35.0. The summed E-state index contributed by atoms with van der Waals surface area (Å²) in [5.74, 6) is -0.933. The Bertz CT molecular complexity index is 972. The molecule has 3 N–H and O–H groups in total. The van der Waals surface area contributed by atoms with Crippen LogP contribution in [0.1, 0.15) is 206 Å². The number of unbranched alkanes of at least 4 members (excludes halogenated alkanes) is 24. The smallest absolute Gasteiger partial charge is 0.462 e. The number of aliphatic hydroxyl groups excluding tert-OH is 2. The Morgan fingerprint density at radius 3 is 1.45 bits per heavy atom. The lowest BCUT2D eigenvalue weighted by Crippen LogP contribution is -2.29. The van der Waals surface area contributed by atoms with Gasteiger partial charge in [-0.3, -0.25) is 18.6 Å². The molecular formula is C44H83O10P. The molecule has 0 radical (unpaired) electrons. The zero-order chi connectivity index (χ0) is 40.5. The summed E-state index contributed by atoms with van der Waals surface area (Å²) in [6, 6.07) is 0. The number of allylic oxidation sites excluding steroid dienone is 4. The maximum absolute atomic E-state index is 12.6. The topological polar surface area (TPSA) is 149 Å². The highest BCUT2D eigenvalue weighted by Gasteiger charge is 2.27. The van der Waals surface area contributed by atoms with Crippen LogP contribution in [0.5, 0.6) is 0 Å². The molecule has 0 bridgehead atoms. The number of esters is 2. The van der Waals surface area contributed by atoms with Crippen molar-refractivity contribution < 1.29 is 47.8 Å². The van der Waals surface area contributed by atoms with E-state index in [1.165, 1.54) is 103 Å². The molecule has 0 aromatic rings. The molecule has 0 fully saturated rings. The van der Waals surface area contributed by atoms with Crippen molar-refractivity contribution in [2.75, 3.05) is 26.4 Å². The van der Waals surface area contributed by atoms with Crippen molar-refractivity contribution in [3.63, 3.8) is 0 Å². The Morgan fingerprint density at radius 1 is 0.545 bits per heavy atom. The quantitative estimate of drug-likeness (QED) is 0.0236. The van der Waals surface area contributed by atoms with Crippen molar-refractivity contribution in [2.24, 2.45) is 0 Å². The summed E-state index contributed by atoms with van der Waals surface area (Å²) in [5.41, 5.74) is 0. The van der Waals surface area contributed by atoms with Crippen LogP contribution >= 0.6 is 7.82 Å². The van der Waals surface area contributed by atoms with E-state index in [2.05, 4.69) is 38.2 Å². The fraction of sp³-hybridized carbons (Fsp3) is 0.864. The van der Waals surface area contributed by atoms with Gasteiger partial charge in [0.05, 0.1) is 19.8 Å². The predicted molar refractivity (Wildman–Crippen MR) is 224 cm³/mol. The third-order valence-electron chi connectivity index (χ3n) is 9.61.